The predicted octanol–water partition coefficient (Wildman–Crippen LogP) is 3.09. The normalized spacial score (nSPS) is 15.9. The van der Waals surface area contributed by atoms with Crippen molar-refractivity contribution < 1.29 is 9.59 Å². The molecule has 0 spiro atoms. The van der Waals surface area contributed by atoms with Crippen molar-refractivity contribution in [2.45, 2.75) is 52.9 Å². The van der Waals surface area contributed by atoms with E-state index in [9.17, 15) is 9.59 Å². The Kier molecular flexibility index (Phi) is 6.90. The number of nitrogens with zero attached hydrogens (tertiary/aromatic N) is 4. The second-order valence-corrected chi connectivity index (χ2v) is 8.56. The van der Waals surface area contributed by atoms with Gasteiger partial charge in [-0.2, -0.15) is 0 Å². The fourth-order valence-corrected chi connectivity index (χ4v) is 4.39. The highest BCUT2D eigenvalue weighted by atomic mass is 16.2. The number of ketones is 1. The number of nitrogens with two attached hydrogens (primary N) is 1. The molecule has 3 rings (SSSR count). The largest absolute Gasteiger partial charge is 0.383 e. The third-order valence-electron chi connectivity index (χ3n) is 6.23. The summed E-state index contributed by atoms with van der Waals surface area (Å²) in [4.78, 5) is 35.9. The van der Waals surface area contributed by atoms with Crippen LogP contribution in [0.2, 0.25) is 0 Å². The Balaban J connectivity index is 1.47. The van der Waals surface area contributed by atoms with Crippen LogP contribution in [0.4, 0.5) is 5.82 Å². The molecular weight excluding hydrogens is 378 g/mol. The summed E-state index contributed by atoms with van der Waals surface area (Å²) in [6.07, 6.45) is 5.97. The first kappa shape index (κ1) is 22.0. The smallest absolute Gasteiger partial charge is 0.225 e. The number of piperidine rings is 1. The van der Waals surface area contributed by atoms with Crippen LogP contribution in [0.15, 0.2) is 18.3 Å². The van der Waals surface area contributed by atoms with Gasteiger partial charge >= 0.3 is 0 Å². The van der Waals surface area contributed by atoms with Crippen molar-refractivity contribution in [2.24, 2.45) is 18.9 Å². The van der Waals surface area contributed by atoms with E-state index in [-0.39, 0.29) is 24.0 Å². The van der Waals surface area contributed by atoms with Gasteiger partial charge in [0.05, 0.1) is 5.69 Å². The maximum atomic E-state index is 12.8. The molecule has 0 aliphatic carbocycles. The number of carbonyl (C=O) groups is 2. The van der Waals surface area contributed by atoms with E-state index in [0.717, 1.165) is 50.0 Å². The fourth-order valence-electron chi connectivity index (χ4n) is 4.39. The number of hydrogen-bond donors (Lipinski definition) is 1. The number of nitrogen functional groups attached to an aromatic ring is 1. The number of carbonyl (C=O) groups excluding carboxylic acids is 2. The minimum absolute atomic E-state index is 0.0199. The van der Waals surface area contributed by atoms with Gasteiger partial charge in [-0.25, -0.2) is 9.97 Å². The molecule has 162 valence electrons. The maximum absolute atomic E-state index is 12.8. The number of likely N-dealkylation sites (tertiary alicyclic amines) is 1. The third-order valence-corrected chi connectivity index (χ3v) is 6.23. The molecule has 3 heterocycles. The highest BCUT2D eigenvalue weighted by Gasteiger charge is 2.28. The molecule has 1 atom stereocenters. The number of anilines is 1. The van der Waals surface area contributed by atoms with Gasteiger partial charge in [0.25, 0.3) is 0 Å². The number of hydrogen-bond acceptors (Lipinski definition) is 5. The molecule has 0 unspecified atom stereocenters. The summed E-state index contributed by atoms with van der Waals surface area (Å²) in [5.74, 6) is 1.67. The molecule has 1 aliphatic rings. The van der Waals surface area contributed by atoms with Crippen molar-refractivity contribution in [3.8, 4) is 0 Å². The molecule has 0 radical (unpaired) electrons. The zero-order chi connectivity index (χ0) is 21.8. The van der Waals surface area contributed by atoms with Gasteiger partial charge in [0.1, 0.15) is 11.6 Å². The summed E-state index contributed by atoms with van der Waals surface area (Å²) in [5.41, 5.74) is 8.75. The van der Waals surface area contributed by atoms with Crippen LogP contribution in [-0.4, -0.2) is 44.2 Å². The summed E-state index contributed by atoms with van der Waals surface area (Å²) in [5, 5.41) is 0. The molecule has 1 fully saturated rings. The Morgan fingerprint density at radius 3 is 2.53 bits per heavy atom. The first-order valence-electron chi connectivity index (χ1n) is 10.8. The van der Waals surface area contributed by atoms with E-state index >= 15 is 0 Å². The summed E-state index contributed by atoms with van der Waals surface area (Å²) in [6.45, 7) is 7.21. The van der Waals surface area contributed by atoms with Crippen molar-refractivity contribution >= 4 is 17.5 Å². The lowest BCUT2D eigenvalue weighted by Gasteiger charge is -2.33. The Labute approximate surface area is 178 Å². The first-order chi connectivity index (χ1) is 14.3. The van der Waals surface area contributed by atoms with Crippen LogP contribution < -0.4 is 5.73 Å². The maximum Gasteiger partial charge on any atom is 0.225 e. The minimum Gasteiger partial charge on any atom is -0.383 e. The van der Waals surface area contributed by atoms with Crippen LogP contribution in [0, 0.1) is 25.7 Å². The summed E-state index contributed by atoms with van der Waals surface area (Å²) in [6, 6.07) is 3.65. The van der Waals surface area contributed by atoms with Crippen LogP contribution >= 0.6 is 0 Å². The zero-order valence-corrected chi connectivity index (χ0v) is 18.5. The lowest BCUT2D eigenvalue weighted by molar-refractivity contribution is -0.136. The van der Waals surface area contributed by atoms with Gasteiger partial charge in [0.2, 0.25) is 5.91 Å². The number of rotatable bonds is 7. The number of Topliss-reactive ketones (excluding diaryl/α,β-unsaturated/α-hetero) is 1. The van der Waals surface area contributed by atoms with Crippen molar-refractivity contribution in [1.82, 2.24) is 19.4 Å². The van der Waals surface area contributed by atoms with Gasteiger partial charge in [-0.05, 0) is 57.6 Å². The van der Waals surface area contributed by atoms with E-state index in [4.69, 9.17) is 5.73 Å². The minimum atomic E-state index is -0.295. The second kappa shape index (κ2) is 9.41. The Morgan fingerprint density at radius 2 is 1.93 bits per heavy atom. The van der Waals surface area contributed by atoms with E-state index < -0.39 is 0 Å². The van der Waals surface area contributed by atoms with Gasteiger partial charge in [-0.15, -0.1) is 0 Å². The van der Waals surface area contributed by atoms with Gasteiger partial charge in [0, 0.05) is 49.9 Å². The molecule has 7 nitrogen and oxygen atoms in total. The molecule has 1 saturated heterocycles. The topological polar surface area (TPSA) is 94.1 Å². The summed E-state index contributed by atoms with van der Waals surface area (Å²) < 4.78 is 1.80. The molecule has 7 heteroatoms. The van der Waals surface area contributed by atoms with E-state index in [1.54, 1.807) is 10.6 Å². The standard InChI is InChI=1S/C23H33N5O2/c1-15(14-21(29)20-6-5-11-27(20)4)23(30)28-12-9-18(10-13-28)7-8-19-16(2)25-17(3)26-22(19)24/h5-6,11,15,18H,7-10,12-14H2,1-4H3,(H2,24,25,26)/t15-/m1/s1. The SMILES string of the molecule is Cc1nc(C)c(CCC2CCN(C(=O)[C@H](C)CC(=O)c3cccn3C)CC2)c(N)n1. The van der Waals surface area contributed by atoms with Gasteiger partial charge < -0.3 is 15.2 Å². The van der Waals surface area contributed by atoms with Crippen molar-refractivity contribution in [3.05, 3.63) is 41.1 Å². The van der Waals surface area contributed by atoms with Crippen LogP contribution in [0.25, 0.3) is 0 Å². The van der Waals surface area contributed by atoms with Gasteiger partial charge in [-0.1, -0.05) is 6.92 Å². The monoisotopic (exact) mass is 411 g/mol. The zero-order valence-electron chi connectivity index (χ0n) is 18.5. The number of amides is 1. The van der Waals surface area contributed by atoms with Crippen molar-refractivity contribution in [3.63, 3.8) is 0 Å². The molecule has 0 aromatic carbocycles. The van der Waals surface area contributed by atoms with E-state index in [2.05, 4.69) is 9.97 Å². The summed E-state index contributed by atoms with van der Waals surface area (Å²) >= 11 is 0. The van der Waals surface area contributed by atoms with Crippen LogP contribution in [0.3, 0.4) is 0 Å². The molecular formula is C23H33N5O2. The van der Waals surface area contributed by atoms with Gasteiger partial charge in [0.15, 0.2) is 5.78 Å². The van der Waals surface area contributed by atoms with Crippen molar-refractivity contribution in [2.75, 3.05) is 18.8 Å². The first-order valence-corrected chi connectivity index (χ1v) is 10.8. The van der Waals surface area contributed by atoms with E-state index in [0.29, 0.717) is 23.3 Å². The summed E-state index contributed by atoms with van der Waals surface area (Å²) in [7, 11) is 1.85. The predicted molar refractivity (Wildman–Crippen MR) is 117 cm³/mol. The quantitative estimate of drug-likeness (QED) is 0.707. The van der Waals surface area contributed by atoms with Gasteiger partial charge in [-0.3, -0.25) is 9.59 Å². The Bertz CT molecular complexity index is 889. The molecule has 2 aromatic rings. The molecule has 2 aromatic heterocycles. The number of aryl methyl sites for hydroxylation is 3. The Morgan fingerprint density at radius 1 is 1.23 bits per heavy atom. The average Bonchev–Trinajstić information content (AvgIpc) is 3.13. The van der Waals surface area contributed by atoms with Crippen LogP contribution in [-0.2, 0) is 18.3 Å². The molecule has 2 N–H and O–H groups in total. The average molecular weight is 412 g/mol. The molecule has 1 amide bonds. The van der Waals surface area contributed by atoms with Crippen LogP contribution in [0.1, 0.15) is 60.2 Å². The molecule has 1 aliphatic heterocycles. The second-order valence-electron chi connectivity index (χ2n) is 8.56. The Hall–Kier alpha value is -2.70. The molecule has 30 heavy (non-hydrogen) atoms. The highest BCUT2D eigenvalue weighted by molar-refractivity contribution is 5.97. The lowest BCUT2D eigenvalue weighted by atomic mass is 9.89. The van der Waals surface area contributed by atoms with Crippen molar-refractivity contribution in [1.29, 1.82) is 0 Å². The van der Waals surface area contributed by atoms with E-state index in [1.165, 1.54) is 0 Å². The van der Waals surface area contributed by atoms with E-state index in [1.807, 2.05) is 45.0 Å². The highest BCUT2D eigenvalue weighted by Crippen LogP contribution is 2.26. The van der Waals surface area contributed by atoms with Crippen LogP contribution in [0.5, 0.6) is 0 Å². The lowest BCUT2D eigenvalue weighted by Crippen LogP contribution is -2.41. The number of aromatic nitrogens is 3. The fraction of sp³-hybridized carbons (Fsp3) is 0.565. The molecule has 0 saturated carbocycles. The third kappa shape index (κ3) is 5.07. The molecule has 0 bridgehead atoms.